The first-order chi connectivity index (χ1) is 11.7. The third-order valence-corrected chi connectivity index (χ3v) is 4.34. The van der Waals surface area contributed by atoms with Crippen molar-refractivity contribution in [2.24, 2.45) is 0 Å². The minimum Gasteiger partial charge on any atom is -0.394 e. The first-order valence-electron chi connectivity index (χ1n) is 7.92. The van der Waals surface area contributed by atoms with E-state index in [1.54, 1.807) is 0 Å². The number of hydrogen-bond donors (Lipinski definition) is 7. The SMILES string of the molecule is CC(=O)N[C@H]1C(O)O[C@H](CO)[C@@H](O[C@H]2O[C@H](C)[C@H](O)[C@H](O)[C@H]2O)[C@@H]1O. The standard InChI is InChI=1S/C14H25NO10/c1-4-8(18)10(20)11(21)14(23-4)25-12-6(3-16)24-13(22)7(9(12)19)15-5(2)17/h4,6-14,16,18-22H,3H2,1-2H3,(H,15,17)/t4-,6-,7-,8+,9-,10+,11-,12-,13?,14-/m1/s1. The molecule has 0 bridgehead atoms. The molecule has 0 aliphatic carbocycles. The van der Waals surface area contributed by atoms with Crippen molar-refractivity contribution in [2.45, 2.75) is 75.2 Å². The van der Waals surface area contributed by atoms with E-state index < -0.39 is 73.9 Å². The zero-order chi connectivity index (χ0) is 18.9. The Labute approximate surface area is 143 Å². The molecule has 2 aliphatic rings. The van der Waals surface area contributed by atoms with Gasteiger partial charge in [0.25, 0.3) is 0 Å². The van der Waals surface area contributed by atoms with Gasteiger partial charge in [-0.1, -0.05) is 0 Å². The predicted molar refractivity (Wildman–Crippen MR) is 78.8 cm³/mol. The van der Waals surface area contributed by atoms with E-state index in [9.17, 15) is 35.4 Å². The molecule has 0 saturated carbocycles. The average Bonchev–Trinajstić information content (AvgIpc) is 2.56. The van der Waals surface area contributed by atoms with Gasteiger partial charge in [0.2, 0.25) is 5.91 Å². The maximum Gasteiger partial charge on any atom is 0.217 e. The molecule has 0 spiro atoms. The van der Waals surface area contributed by atoms with E-state index in [1.165, 1.54) is 13.8 Å². The van der Waals surface area contributed by atoms with Crippen LogP contribution in [0.2, 0.25) is 0 Å². The number of ether oxygens (including phenoxy) is 3. The van der Waals surface area contributed by atoms with Crippen molar-refractivity contribution < 1.29 is 49.6 Å². The van der Waals surface area contributed by atoms with Gasteiger partial charge in [-0.05, 0) is 6.92 Å². The highest BCUT2D eigenvalue weighted by atomic mass is 16.7. The third-order valence-electron chi connectivity index (χ3n) is 4.34. The summed E-state index contributed by atoms with van der Waals surface area (Å²) in [5.74, 6) is -0.533. The zero-order valence-electron chi connectivity index (χ0n) is 13.8. The smallest absolute Gasteiger partial charge is 0.217 e. The fourth-order valence-corrected chi connectivity index (χ4v) is 2.92. The van der Waals surface area contributed by atoms with Crippen LogP contribution in [-0.2, 0) is 19.0 Å². The van der Waals surface area contributed by atoms with Crippen molar-refractivity contribution >= 4 is 5.91 Å². The lowest BCUT2D eigenvalue weighted by Gasteiger charge is -2.46. The number of carbonyl (C=O) groups excluding carboxylic acids is 1. The van der Waals surface area contributed by atoms with Crippen LogP contribution in [0.25, 0.3) is 0 Å². The zero-order valence-corrected chi connectivity index (χ0v) is 13.8. The summed E-state index contributed by atoms with van der Waals surface area (Å²) in [5.41, 5.74) is 0. The summed E-state index contributed by atoms with van der Waals surface area (Å²) in [6, 6.07) is -1.24. The number of nitrogens with one attached hydrogen (secondary N) is 1. The molecule has 11 heteroatoms. The van der Waals surface area contributed by atoms with Crippen LogP contribution >= 0.6 is 0 Å². The molecule has 0 aromatic carbocycles. The number of rotatable bonds is 4. The first-order valence-corrected chi connectivity index (χ1v) is 7.92. The summed E-state index contributed by atoms with van der Waals surface area (Å²) in [6.07, 6.45) is -12.3. The molecular formula is C14H25NO10. The van der Waals surface area contributed by atoms with E-state index in [0.29, 0.717) is 0 Å². The summed E-state index contributed by atoms with van der Waals surface area (Å²) in [5, 5.41) is 61.5. The number of hydrogen-bond acceptors (Lipinski definition) is 10. The van der Waals surface area contributed by atoms with Gasteiger partial charge in [0, 0.05) is 6.92 Å². The number of aliphatic hydroxyl groups is 6. The van der Waals surface area contributed by atoms with Crippen LogP contribution in [0.4, 0.5) is 0 Å². The maximum atomic E-state index is 11.2. The molecule has 2 rings (SSSR count). The monoisotopic (exact) mass is 367 g/mol. The topological polar surface area (TPSA) is 178 Å². The van der Waals surface area contributed by atoms with Crippen molar-refractivity contribution in [3.63, 3.8) is 0 Å². The second-order valence-corrected chi connectivity index (χ2v) is 6.25. The highest BCUT2D eigenvalue weighted by Crippen LogP contribution is 2.28. The molecule has 7 N–H and O–H groups in total. The van der Waals surface area contributed by atoms with Crippen molar-refractivity contribution in [1.29, 1.82) is 0 Å². The van der Waals surface area contributed by atoms with Gasteiger partial charge in [-0.2, -0.15) is 0 Å². The lowest BCUT2D eigenvalue weighted by molar-refractivity contribution is -0.341. The minimum absolute atomic E-state index is 0.533. The van der Waals surface area contributed by atoms with E-state index in [-0.39, 0.29) is 0 Å². The molecule has 2 saturated heterocycles. The Bertz CT molecular complexity index is 465. The number of aliphatic hydroxyl groups excluding tert-OH is 6. The Hall–Kier alpha value is -0.890. The molecule has 10 atom stereocenters. The van der Waals surface area contributed by atoms with E-state index in [0.717, 1.165) is 0 Å². The van der Waals surface area contributed by atoms with Crippen molar-refractivity contribution in [1.82, 2.24) is 5.32 Å². The first kappa shape index (κ1) is 20.4. The molecule has 2 aliphatic heterocycles. The van der Waals surface area contributed by atoms with Crippen molar-refractivity contribution in [3.8, 4) is 0 Å². The fraction of sp³-hybridized carbons (Fsp3) is 0.929. The average molecular weight is 367 g/mol. The van der Waals surface area contributed by atoms with Crippen LogP contribution in [0, 0.1) is 0 Å². The summed E-state index contributed by atoms with van der Waals surface area (Å²) in [7, 11) is 0. The van der Waals surface area contributed by atoms with Gasteiger partial charge in [-0.15, -0.1) is 0 Å². The number of amides is 1. The van der Waals surface area contributed by atoms with E-state index >= 15 is 0 Å². The van der Waals surface area contributed by atoms with Gasteiger partial charge >= 0.3 is 0 Å². The van der Waals surface area contributed by atoms with Crippen LogP contribution < -0.4 is 5.32 Å². The molecule has 11 nitrogen and oxygen atoms in total. The second-order valence-electron chi connectivity index (χ2n) is 6.25. The van der Waals surface area contributed by atoms with Crippen molar-refractivity contribution in [3.05, 3.63) is 0 Å². The van der Waals surface area contributed by atoms with Crippen LogP contribution in [0.15, 0.2) is 0 Å². The highest BCUT2D eigenvalue weighted by molar-refractivity contribution is 5.73. The van der Waals surface area contributed by atoms with Gasteiger partial charge in [0.1, 0.15) is 42.7 Å². The van der Waals surface area contributed by atoms with Gasteiger partial charge < -0.3 is 50.2 Å². The second kappa shape index (κ2) is 8.20. The molecule has 1 amide bonds. The van der Waals surface area contributed by atoms with Crippen LogP contribution in [-0.4, -0.2) is 105 Å². The summed E-state index contributed by atoms with van der Waals surface area (Å²) in [6.45, 7) is 2.01. The summed E-state index contributed by atoms with van der Waals surface area (Å²) < 4.78 is 15.9. The molecule has 146 valence electrons. The fourth-order valence-electron chi connectivity index (χ4n) is 2.92. The Kier molecular flexibility index (Phi) is 6.70. The van der Waals surface area contributed by atoms with E-state index in [4.69, 9.17) is 14.2 Å². The molecule has 25 heavy (non-hydrogen) atoms. The Balaban J connectivity index is 2.15. The van der Waals surface area contributed by atoms with Gasteiger partial charge in [-0.3, -0.25) is 4.79 Å². The number of carbonyl (C=O) groups is 1. The minimum atomic E-state index is -1.62. The summed E-state index contributed by atoms with van der Waals surface area (Å²) >= 11 is 0. The molecular weight excluding hydrogens is 342 g/mol. The molecule has 2 fully saturated rings. The lowest BCUT2D eigenvalue weighted by atomic mass is 9.95. The molecule has 0 aromatic rings. The normalized spacial score (nSPS) is 48.2. The highest BCUT2D eigenvalue weighted by Gasteiger charge is 2.50. The van der Waals surface area contributed by atoms with Gasteiger partial charge in [0.05, 0.1) is 12.7 Å². The molecule has 0 aromatic heterocycles. The molecule has 1 unspecified atom stereocenters. The van der Waals surface area contributed by atoms with Crippen LogP contribution in [0.5, 0.6) is 0 Å². The Morgan fingerprint density at radius 2 is 1.68 bits per heavy atom. The Morgan fingerprint density at radius 3 is 2.24 bits per heavy atom. The van der Waals surface area contributed by atoms with E-state index in [2.05, 4.69) is 5.32 Å². The lowest BCUT2D eigenvalue weighted by Crippen LogP contribution is -2.66. The van der Waals surface area contributed by atoms with E-state index in [1.807, 2.05) is 0 Å². The van der Waals surface area contributed by atoms with Crippen molar-refractivity contribution in [2.75, 3.05) is 6.61 Å². The molecule has 0 radical (unpaired) electrons. The van der Waals surface area contributed by atoms with Crippen LogP contribution in [0.3, 0.4) is 0 Å². The quantitative estimate of drug-likeness (QED) is 0.257. The third kappa shape index (κ3) is 4.27. The van der Waals surface area contributed by atoms with Gasteiger partial charge in [-0.25, -0.2) is 0 Å². The largest absolute Gasteiger partial charge is 0.394 e. The molecule has 2 heterocycles. The van der Waals surface area contributed by atoms with Gasteiger partial charge in [0.15, 0.2) is 12.6 Å². The summed E-state index contributed by atoms with van der Waals surface area (Å²) in [4.78, 5) is 11.2. The Morgan fingerprint density at radius 1 is 1.04 bits per heavy atom. The maximum absolute atomic E-state index is 11.2. The van der Waals surface area contributed by atoms with Crippen LogP contribution in [0.1, 0.15) is 13.8 Å². The predicted octanol–water partition coefficient (Wildman–Crippen LogP) is -4.23.